The van der Waals surface area contributed by atoms with Gasteiger partial charge >= 0.3 is 0 Å². The lowest BCUT2D eigenvalue weighted by molar-refractivity contribution is -0.126. The van der Waals surface area contributed by atoms with Crippen LogP contribution in [0.1, 0.15) is 11.1 Å². The average molecular weight is 429 g/mol. The van der Waals surface area contributed by atoms with Crippen molar-refractivity contribution >= 4 is 17.3 Å². The van der Waals surface area contributed by atoms with Crippen LogP contribution in [0.4, 0.5) is 11.4 Å². The van der Waals surface area contributed by atoms with Gasteiger partial charge in [-0.3, -0.25) is 9.78 Å². The SMILES string of the molecule is COc1ccccc1N1CCN2c3ccccc3CC(C(=O)NCc3ccncc3)C2C1. The van der Waals surface area contributed by atoms with Crippen LogP contribution in [0.2, 0.25) is 0 Å². The predicted octanol–water partition coefficient (Wildman–Crippen LogP) is 3.27. The number of anilines is 2. The molecule has 6 nitrogen and oxygen atoms in total. The highest BCUT2D eigenvalue weighted by Crippen LogP contribution is 2.38. The Morgan fingerprint density at radius 2 is 1.78 bits per heavy atom. The number of para-hydroxylation sites is 3. The fourth-order valence-electron chi connectivity index (χ4n) is 4.99. The van der Waals surface area contributed by atoms with Crippen molar-refractivity contribution in [1.29, 1.82) is 0 Å². The van der Waals surface area contributed by atoms with E-state index in [0.29, 0.717) is 6.54 Å². The molecule has 6 heteroatoms. The number of rotatable bonds is 5. The monoisotopic (exact) mass is 428 g/mol. The number of fused-ring (bicyclic) bond motifs is 3. The summed E-state index contributed by atoms with van der Waals surface area (Å²) >= 11 is 0. The van der Waals surface area contributed by atoms with E-state index in [1.165, 1.54) is 11.3 Å². The van der Waals surface area contributed by atoms with Gasteiger partial charge in [-0.1, -0.05) is 30.3 Å². The number of pyridine rings is 1. The Kier molecular flexibility index (Phi) is 5.67. The van der Waals surface area contributed by atoms with Crippen LogP contribution < -0.4 is 19.9 Å². The van der Waals surface area contributed by atoms with Crippen molar-refractivity contribution in [2.45, 2.75) is 19.0 Å². The van der Waals surface area contributed by atoms with Crippen LogP contribution in [0.3, 0.4) is 0 Å². The molecule has 2 atom stereocenters. The quantitative estimate of drug-likeness (QED) is 0.676. The fourth-order valence-corrected chi connectivity index (χ4v) is 4.99. The van der Waals surface area contributed by atoms with Crippen LogP contribution in [0.25, 0.3) is 0 Å². The van der Waals surface area contributed by atoms with Crippen molar-refractivity contribution in [2.75, 3.05) is 36.5 Å². The smallest absolute Gasteiger partial charge is 0.225 e. The number of benzene rings is 2. The van der Waals surface area contributed by atoms with E-state index in [4.69, 9.17) is 4.74 Å². The zero-order chi connectivity index (χ0) is 21.9. The summed E-state index contributed by atoms with van der Waals surface area (Å²) in [6.45, 7) is 3.05. The zero-order valence-corrected chi connectivity index (χ0v) is 18.3. The number of carbonyl (C=O) groups is 1. The molecular weight excluding hydrogens is 400 g/mol. The van der Waals surface area contributed by atoms with Gasteiger partial charge in [-0.05, 0) is 47.9 Å². The molecule has 2 aromatic carbocycles. The fraction of sp³-hybridized carbons (Fsp3) is 0.308. The van der Waals surface area contributed by atoms with Crippen LogP contribution in [0, 0.1) is 5.92 Å². The Bertz CT molecular complexity index is 1090. The molecule has 1 amide bonds. The first-order valence-electron chi connectivity index (χ1n) is 11.1. The molecule has 3 aromatic rings. The molecule has 1 saturated heterocycles. The summed E-state index contributed by atoms with van der Waals surface area (Å²) < 4.78 is 5.61. The molecule has 164 valence electrons. The molecule has 2 unspecified atom stereocenters. The van der Waals surface area contributed by atoms with Crippen LogP contribution in [-0.4, -0.2) is 43.7 Å². The summed E-state index contributed by atoms with van der Waals surface area (Å²) in [5.41, 5.74) is 4.65. The Balaban J connectivity index is 1.41. The minimum Gasteiger partial charge on any atom is -0.495 e. The number of nitrogens with one attached hydrogen (secondary N) is 1. The number of amides is 1. The van der Waals surface area contributed by atoms with Crippen LogP contribution in [0.5, 0.6) is 5.75 Å². The first-order chi connectivity index (χ1) is 15.7. The summed E-state index contributed by atoms with van der Waals surface area (Å²) in [7, 11) is 1.71. The molecule has 2 aliphatic rings. The van der Waals surface area contributed by atoms with Gasteiger partial charge in [-0.2, -0.15) is 0 Å². The molecule has 0 aliphatic carbocycles. The number of piperazine rings is 1. The minimum absolute atomic E-state index is 0.0982. The van der Waals surface area contributed by atoms with Gasteiger partial charge in [0.25, 0.3) is 0 Å². The number of ether oxygens (including phenoxy) is 1. The van der Waals surface area contributed by atoms with E-state index >= 15 is 0 Å². The van der Waals surface area contributed by atoms with Gasteiger partial charge in [0.05, 0.1) is 24.8 Å². The second-order valence-electron chi connectivity index (χ2n) is 8.39. The lowest BCUT2D eigenvalue weighted by Gasteiger charge is -2.49. The highest BCUT2D eigenvalue weighted by atomic mass is 16.5. The summed E-state index contributed by atoms with van der Waals surface area (Å²) in [6.07, 6.45) is 4.26. The zero-order valence-electron chi connectivity index (χ0n) is 18.3. The average Bonchev–Trinajstić information content (AvgIpc) is 2.87. The second-order valence-corrected chi connectivity index (χ2v) is 8.39. The summed E-state index contributed by atoms with van der Waals surface area (Å²) in [6, 6.07) is 20.6. The third-order valence-corrected chi connectivity index (χ3v) is 6.60. The minimum atomic E-state index is -0.121. The van der Waals surface area contributed by atoms with Gasteiger partial charge in [0, 0.05) is 44.3 Å². The highest BCUT2D eigenvalue weighted by molar-refractivity contribution is 5.82. The summed E-state index contributed by atoms with van der Waals surface area (Å²) in [4.78, 5) is 22.3. The van der Waals surface area contributed by atoms with E-state index < -0.39 is 0 Å². The van der Waals surface area contributed by atoms with Gasteiger partial charge < -0.3 is 19.9 Å². The van der Waals surface area contributed by atoms with E-state index in [1.54, 1.807) is 19.5 Å². The van der Waals surface area contributed by atoms with Gasteiger partial charge in [0.2, 0.25) is 5.91 Å². The molecule has 1 N–H and O–H groups in total. The van der Waals surface area contributed by atoms with Crippen molar-refractivity contribution in [3.8, 4) is 5.75 Å². The van der Waals surface area contributed by atoms with E-state index in [9.17, 15) is 4.79 Å². The molecule has 1 fully saturated rings. The number of aromatic nitrogens is 1. The van der Waals surface area contributed by atoms with Crippen molar-refractivity contribution in [3.05, 3.63) is 84.2 Å². The van der Waals surface area contributed by atoms with Crippen molar-refractivity contribution in [2.24, 2.45) is 5.92 Å². The van der Waals surface area contributed by atoms with Crippen LogP contribution >= 0.6 is 0 Å². The van der Waals surface area contributed by atoms with E-state index in [1.807, 2.05) is 30.3 Å². The third-order valence-electron chi connectivity index (χ3n) is 6.60. The van der Waals surface area contributed by atoms with Gasteiger partial charge in [-0.25, -0.2) is 0 Å². The number of hydrogen-bond donors (Lipinski definition) is 1. The summed E-state index contributed by atoms with van der Waals surface area (Å²) in [5, 5.41) is 3.17. The number of carbonyl (C=O) groups excluding carboxylic acids is 1. The largest absolute Gasteiger partial charge is 0.495 e. The molecule has 3 heterocycles. The Labute approximate surface area is 188 Å². The first kappa shape index (κ1) is 20.4. The molecular formula is C26H28N4O2. The summed E-state index contributed by atoms with van der Waals surface area (Å²) in [5.74, 6) is 0.855. The molecule has 1 aromatic heterocycles. The first-order valence-corrected chi connectivity index (χ1v) is 11.1. The maximum absolute atomic E-state index is 13.4. The van der Waals surface area contributed by atoms with Gasteiger partial charge in [0.15, 0.2) is 0 Å². The van der Waals surface area contributed by atoms with E-state index in [-0.39, 0.29) is 17.9 Å². The Morgan fingerprint density at radius 1 is 1.03 bits per heavy atom. The van der Waals surface area contributed by atoms with Gasteiger partial charge in [-0.15, -0.1) is 0 Å². The number of methoxy groups -OCH3 is 1. The van der Waals surface area contributed by atoms with E-state index in [2.05, 4.69) is 50.4 Å². The molecule has 0 saturated carbocycles. The highest BCUT2D eigenvalue weighted by Gasteiger charge is 2.41. The van der Waals surface area contributed by atoms with Crippen molar-refractivity contribution < 1.29 is 9.53 Å². The Hall–Kier alpha value is -3.54. The molecule has 0 radical (unpaired) electrons. The number of nitrogens with zero attached hydrogens (tertiary/aromatic N) is 3. The van der Waals surface area contributed by atoms with Crippen molar-refractivity contribution in [3.63, 3.8) is 0 Å². The topological polar surface area (TPSA) is 57.7 Å². The Morgan fingerprint density at radius 3 is 2.59 bits per heavy atom. The normalized spacial score (nSPS) is 19.7. The van der Waals surface area contributed by atoms with Crippen LogP contribution in [0.15, 0.2) is 73.1 Å². The lowest BCUT2D eigenvalue weighted by atomic mass is 9.83. The lowest BCUT2D eigenvalue weighted by Crippen LogP contribution is -2.61. The molecule has 32 heavy (non-hydrogen) atoms. The third kappa shape index (κ3) is 3.88. The maximum atomic E-state index is 13.4. The molecule has 2 aliphatic heterocycles. The molecule has 0 bridgehead atoms. The van der Waals surface area contributed by atoms with E-state index in [0.717, 1.165) is 43.1 Å². The molecule has 5 rings (SSSR count). The van der Waals surface area contributed by atoms with Gasteiger partial charge in [0.1, 0.15) is 5.75 Å². The standard InChI is InChI=1S/C26H28N4O2/c1-32-25-9-5-4-8-23(25)29-14-15-30-22-7-3-2-6-20(22)16-21(24(30)18-29)26(31)28-17-19-10-12-27-13-11-19/h2-13,21,24H,14-18H2,1H3,(H,28,31). The van der Waals surface area contributed by atoms with Crippen LogP contribution in [-0.2, 0) is 17.8 Å². The molecule has 0 spiro atoms. The van der Waals surface area contributed by atoms with Crippen molar-refractivity contribution in [1.82, 2.24) is 10.3 Å². The second kappa shape index (κ2) is 8.91. The number of hydrogen-bond acceptors (Lipinski definition) is 5. The predicted molar refractivity (Wildman–Crippen MR) is 126 cm³/mol. The maximum Gasteiger partial charge on any atom is 0.225 e.